The Morgan fingerprint density at radius 1 is 1.24 bits per heavy atom. The molecule has 2 saturated heterocycles. The van der Waals surface area contributed by atoms with Crippen LogP contribution >= 0.6 is 0 Å². The second-order valence-electron chi connectivity index (χ2n) is 5.02. The number of nitrogens with zero attached hydrogens (tertiary/aromatic N) is 1. The normalized spacial score (nSPS) is 29.8. The minimum absolute atomic E-state index is 0.0508. The van der Waals surface area contributed by atoms with Gasteiger partial charge in [-0.15, -0.1) is 0 Å². The summed E-state index contributed by atoms with van der Waals surface area (Å²) >= 11 is 0. The number of piperidine rings is 1. The zero-order chi connectivity index (χ0) is 12.1. The van der Waals surface area contributed by atoms with Crippen LogP contribution < -0.4 is 5.32 Å². The summed E-state index contributed by atoms with van der Waals surface area (Å²) in [7, 11) is 0. The Labute approximate surface area is 105 Å². The molecular weight excluding hydrogens is 216 g/mol. The fourth-order valence-electron chi connectivity index (χ4n) is 3.02. The molecule has 2 heterocycles. The van der Waals surface area contributed by atoms with Crippen LogP contribution in [0.2, 0.25) is 0 Å². The van der Waals surface area contributed by atoms with Crippen LogP contribution in [-0.4, -0.2) is 56.6 Å². The number of ether oxygens (including phenoxy) is 2. The fourth-order valence-corrected chi connectivity index (χ4v) is 3.02. The molecule has 0 aromatic rings. The van der Waals surface area contributed by atoms with Gasteiger partial charge in [0.05, 0.1) is 0 Å². The van der Waals surface area contributed by atoms with Crippen molar-refractivity contribution in [3.8, 4) is 0 Å². The van der Waals surface area contributed by atoms with E-state index in [1.165, 1.54) is 25.9 Å². The zero-order valence-electron chi connectivity index (χ0n) is 11.2. The molecule has 2 fully saturated rings. The van der Waals surface area contributed by atoms with Gasteiger partial charge in [-0.05, 0) is 39.2 Å². The third-order valence-electron chi connectivity index (χ3n) is 3.79. The van der Waals surface area contributed by atoms with E-state index in [4.69, 9.17) is 9.47 Å². The topological polar surface area (TPSA) is 33.7 Å². The van der Waals surface area contributed by atoms with Crippen molar-refractivity contribution in [1.29, 1.82) is 0 Å². The van der Waals surface area contributed by atoms with Crippen molar-refractivity contribution in [1.82, 2.24) is 10.2 Å². The summed E-state index contributed by atoms with van der Waals surface area (Å²) in [6, 6.07) is 0.702. The lowest BCUT2D eigenvalue weighted by molar-refractivity contribution is -0.145. The van der Waals surface area contributed by atoms with Gasteiger partial charge in [-0.3, -0.25) is 4.90 Å². The Morgan fingerprint density at radius 2 is 2.00 bits per heavy atom. The summed E-state index contributed by atoms with van der Waals surface area (Å²) in [5, 5.41) is 3.62. The standard InChI is InChI=1S/C13H26N2O2/c1-3-16-13(17-4-2)10-15-8-11-6-5-7-14-12(11)9-15/h11-14H,3-10H2,1-2H3/t11-,12+/m0/s1. The van der Waals surface area contributed by atoms with E-state index in [9.17, 15) is 0 Å². The molecule has 0 bridgehead atoms. The largest absolute Gasteiger partial charge is 0.352 e. The quantitative estimate of drug-likeness (QED) is 0.706. The molecule has 1 N–H and O–H groups in total. The first-order chi connectivity index (χ1) is 8.33. The van der Waals surface area contributed by atoms with Crippen molar-refractivity contribution in [3.63, 3.8) is 0 Å². The molecule has 0 unspecified atom stereocenters. The van der Waals surface area contributed by atoms with Crippen molar-refractivity contribution < 1.29 is 9.47 Å². The summed E-state index contributed by atoms with van der Waals surface area (Å²) in [6.07, 6.45) is 2.66. The summed E-state index contributed by atoms with van der Waals surface area (Å²) in [5.41, 5.74) is 0. The maximum atomic E-state index is 5.61. The highest BCUT2D eigenvalue weighted by Gasteiger charge is 2.34. The molecule has 0 spiro atoms. The number of hydrogen-bond donors (Lipinski definition) is 1. The lowest BCUT2D eigenvalue weighted by atomic mass is 9.94. The second kappa shape index (κ2) is 6.69. The van der Waals surface area contributed by atoms with Crippen LogP contribution in [0.1, 0.15) is 26.7 Å². The van der Waals surface area contributed by atoms with Crippen LogP contribution in [0.15, 0.2) is 0 Å². The van der Waals surface area contributed by atoms with Gasteiger partial charge in [0.2, 0.25) is 0 Å². The summed E-state index contributed by atoms with van der Waals surface area (Å²) in [5.74, 6) is 0.840. The molecule has 0 aliphatic carbocycles. The third-order valence-corrected chi connectivity index (χ3v) is 3.79. The van der Waals surface area contributed by atoms with Gasteiger partial charge in [0, 0.05) is 38.9 Å². The number of hydrogen-bond acceptors (Lipinski definition) is 4. The molecule has 0 saturated carbocycles. The molecule has 0 aromatic heterocycles. The first kappa shape index (κ1) is 13.3. The predicted octanol–water partition coefficient (Wildman–Crippen LogP) is 1.07. The molecule has 100 valence electrons. The molecule has 0 radical (unpaired) electrons. The van der Waals surface area contributed by atoms with E-state index in [0.29, 0.717) is 6.04 Å². The highest BCUT2D eigenvalue weighted by molar-refractivity contribution is 4.91. The van der Waals surface area contributed by atoms with E-state index in [1.807, 2.05) is 13.8 Å². The minimum Gasteiger partial charge on any atom is -0.352 e. The van der Waals surface area contributed by atoms with E-state index in [1.54, 1.807) is 0 Å². The first-order valence-electron chi connectivity index (χ1n) is 7.02. The molecule has 4 nitrogen and oxygen atoms in total. The van der Waals surface area contributed by atoms with Crippen molar-refractivity contribution in [2.45, 2.75) is 39.0 Å². The van der Waals surface area contributed by atoms with Gasteiger partial charge in [0.25, 0.3) is 0 Å². The Balaban J connectivity index is 1.78. The lowest BCUT2D eigenvalue weighted by Crippen LogP contribution is -2.41. The number of fused-ring (bicyclic) bond motifs is 1. The molecule has 2 aliphatic heterocycles. The average Bonchev–Trinajstić information content (AvgIpc) is 2.71. The molecule has 0 amide bonds. The van der Waals surface area contributed by atoms with Crippen LogP contribution in [0, 0.1) is 5.92 Å². The Kier molecular flexibility index (Phi) is 5.22. The SMILES string of the molecule is CCOC(CN1C[C@@H]2CCCN[C@@H]2C1)OCC. The molecule has 2 rings (SSSR count). The van der Waals surface area contributed by atoms with Crippen LogP contribution in [0.5, 0.6) is 0 Å². The number of nitrogens with one attached hydrogen (secondary N) is 1. The van der Waals surface area contributed by atoms with Crippen LogP contribution in [0.4, 0.5) is 0 Å². The summed E-state index contributed by atoms with van der Waals surface area (Å²) in [4.78, 5) is 2.49. The predicted molar refractivity (Wildman–Crippen MR) is 68.0 cm³/mol. The maximum absolute atomic E-state index is 5.61. The number of likely N-dealkylation sites (tertiary alicyclic amines) is 1. The Hall–Kier alpha value is -0.160. The highest BCUT2D eigenvalue weighted by Crippen LogP contribution is 2.25. The molecule has 2 aliphatic rings. The van der Waals surface area contributed by atoms with E-state index in [-0.39, 0.29) is 6.29 Å². The maximum Gasteiger partial charge on any atom is 0.170 e. The van der Waals surface area contributed by atoms with Gasteiger partial charge in [0.1, 0.15) is 0 Å². The second-order valence-corrected chi connectivity index (χ2v) is 5.02. The van der Waals surface area contributed by atoms with Crippen LogP contribution in [-0.2, 0) is 9.47 Å². The van der Waals surface area contributed by atoms with Gasteiger partial charge < -0.3 is 14.8 Å². The lowest BCUT2D eigenvalue weighted by Gasteiger charge is -2.24. The monoisotopic (exact) mass is 242 g/mol. The summed E-state index contributed by atoms with van der Waals surface area (Å²) < 4.78 is 11.2. The van der Waals surface area contributed by atoms with E-state index < -0.39 is 0 Å². The molecular formula is C13H26N2O2. The molecule has 4 heteroatoms. The first-order valence-corrected chi connectivity index (χ1v) is 7.02. The Bertz CT molecular complexity index is 205. The summed E-state index contributed by atoms with van der Waals surface area (Å²) in [6.45, 7) is 9.96. The van der Waals surface area contributed by atoms with Gasteiger partial charge in [-0.2, -0.15) is 0 Å². The fraction of sp³-hybridized carbons (Fsp3) is 1.00. The smallest absolute Gasteiger partial charge is 0.170 e. The van der Waals surface area contributed by atoms with Gasteiger partial charge in [-0.1, -0.05) is 0 Å². The molecule has 17 heavy (non-hydrogen) atoms. The Morgan fingerprint density at radius 3 is 2.65 bits per heavy atom. The van der Waals surface area contributed by atoms with Gasteiger partial charge >= 0.3 is 0 Å². The highest BCUT2D eigenvalue weighted by atomic mass is 16.7. The third kappa shape index (κ3) is 3.65. The van der Waals surface area contributed by atoms with E-state index >= 15 is 0 Å². The van der Waals surface area contributed by atoms with Crippen molar-refractivity contribution in [2.75, 3.05) is 39.4 Å². The van der Waals surface area contributed by atoms with Crippen molar-refractivity contribution >= 4 is 0 Å². The zero-order valence-corrected chi connectivity index (χ0v) is 11.2. The van der Waals surface area contributed by atoms with Gasteiger partial charge in [0.15, 0.2) is 6.29 Å². The average molecular weight is 242 g/mol. The van der Waals surface area contributed by atoms with Gasteiger partial charge in [-0.25, -0.2) is 0 Å². The number of rotatable bonds is 6. The van der Waals surface area contributed by atoms with Crippen LogP contribution in [0.3, 0.4) is 0 Å². The van der Waals surface area contributed by atoms with E-state index in [2.05, 4.69) is 10.2 Å². The van der Waals surface area contributed by atoms with E-state index in [0.717, 1.165) is 32.2 Å². The van der Waals surface area contributed by atoms with Crippen molar-refractivity contribution in [3.05, 3.63) is 0 Å². The van der Waals surface area contributed by atoms with Crippen LogP contribution in [0.25, 0.3) is 0 Å². The molecule has 2 atom stereocenters. The minimum atomic E-state index is -0.0508. The van der Waals surface area contributed by atoms with Crippen molar-refractivity contribution in [2.24, 2.45) is 5.92 Å². The molecule has 0 aromatic carbocycles.